The summed E-state index contributed by atoms with van der Waals surface area (Å²) in [6.45, 7) is 3.95. The van der Waals surface area contributed by atoms with Crippen LogP contribution in [0.4, 0.5) is 5.95 Å². The van der Waals surface area contributed by atoms with E-state index in [0.717, 1.165) is 30.0 Å². The summed E-state index contributed by atoms with van der Waals surface area (Å²) < 4.78 is 5.36. The highest BCUT2D eigenvalue weighted by molar-refractivity contribution is 5.94. The number of imidazole rings is 1. The molecule has 0 aliphatic carbocycles. The zero-order valence-corrected chi connectivity index (χ0v) is 16.0. The minimum atomic E-state index is -0.0697. The quantitative estimate of drug-likeness (QED) is 0.734. The molecule has 1 N–H and O–H groups in total. The molecule has 1 fully saturated rings. The van der Waals surface area contributed by atoms with E-state index in [1.807, 2.05) is 23.1 Å². The molecule has 1 saturated heterocycles. The summed E-state index contributed by atoms with van der Waals surface area (Å²) in [6, 6.07) is 10.2. The second kappa shape index (κ2) is 7.63. The number of carbonyl (C=O) groups is 1. The summed E-state index contributed by atoms with van der Waals surface area (Å²) in [5.41, 5.74) is 3.64. The molecule has 5 rings (SSSR count). The second-order valence-electron chi connectivity index (χ2n) is 7.29. The molecule has 2 aliphatic heterocycles. The minimum absolute atomic E-state index is 0.0451. The van der Waals surface area contributed by atoms with Crippen LogP contribution in [0.3, 0.4) is 0 Å². The molecule has 0 radical (unpaired) electrons. The molecule has 8 nitrogen and oxygen atoms in total. The summed E-state index contributed by atoms with van der Waals surface area (Å²) >= 11 is 0. The molecule has 0 bridgehead atoms. The van der Waals surface area contributed by atoms with Crippen molar-refractivity contribution in [3.05, 3.63) is 71.6 Å². The molecule has 8 heteroatoms. The van der Waals surface area contributed by atoms with Gasteiger partial charge in [0.15, 0.2) is 0 Å². The third kappa shape index (κ3) is 3.47. The second-order valence-corrected chi connectivity index (χ2v) is 7.29. The zero-order valence-electron chi connectivity index (χ0n) is 16.0. The molecule has 1 amide bonds. The van der Waals surface area contributed by atoms with Gasteiger partial charge in [-0.1, -0.05) is 30.3 Å². The first-order valence-electron chi connectivity index (χ1n) is 9.80. The molecule has 2 aliphatic rings. The highest BCUT2D eigenvalue weighted by Gasteiger charge is 2.32. The Bertz CT molecular complexity index is 982. The van der Waals surface area contributed by atoms with Crippen molar-refractivity contribution < 1.29 is 9.53 Å². The van der Waals surface area contributed by atoms with Crippen molar-refractivity contribution in [3.8, 4) is 0 Å². The third-order valence-corrected chi connectivity index (χ3v) is 5.50. The number of nitrogens with zero attached hydrogens (tertiary/aromatic N) is 5. The van der Waals surface area contributed by atoms with Crippen LogP contribution >= 0.6 is 0 Å². The molecule has 0 saturated carbocycles. The lowest BCUT2D eigenvalue weighted by Gasteiger charge is -2.32. The largest absolute Gasteiger partial charge is 0.378 e. The highest BCUT2D eigenvalue weighted by atomic mass is 16.5. The van der Waals surface area contributed by atoms with E-state index in [9.17, 15) is 4.79 Å². The molecule has 3 aromatic rings. The number of hydrogen-bond donors (Lipinski definition) is 1. The lowest BCUT2D eigenvalue weighted by Crippen LogP contribution is -2.39. The molecule has 4 heterocycles. The van der Waals surface area contributed by atoms with Crippen molar-refractivity contribution in [2.24, 2.45) is 0 Å². The molecule has 1 unspecified atom stereocenters. The van der Waals surface area contributed by atoms with E-state index in [4.69, 9.17) is 4.74 Å². The van der Waals surface area contributed by atoms with Gasteiger partial charge < -0.3 is 19.5 Å². The van der Waals surface area contributed by atoms with Gasteiger partial charge in [-0.3, -0.25) is 4.79 Å². The Morgan fingerprint density at radius 1 is 1.07 bits per heavy atom. The van der Waals surface area contributed by atoms with E-state index >= 15 is 0 Å². The monoisotopic (exact) mass is 390 g/mol. The van der Waals surface area contributed by atoms with Crippen molar-refractivity contribution in [1.29, 1.82) is 0 Å². The number of rotatable bonds is 3. The van der Waals surface area contributed by atoms with Gasteiger partial charge in [-0.15, -0.1) is 0 Å². The van der Waals surface area contributed by atoms with Crippen molar-refractivity contribution in [2.75, 3.05) is 37.7 Å². The van der Waals surface area contributed by atoms with E-state index in [2.05, 4.69) is 37.0 Å². The van der Waals surface area contributed by atoms with Gasteiger partial charge in [0.25, 0.3) is 5.91 Å². The van der Waals surface area contributed by atoms with E-state index in [0.29, 0.717) is 37.8 Å². The van der Waals surface area contributed by atoms with E-state index in [1.165, 1.54) is 0 Å². The number of fused-ring (bicyclic) bond motifs is 1. The van der Waals surface area contributed by atoms with E-state index in [1.54, 1.807) is 18.7 Å². The van der Waals surface area contributed by atoms with E-state index in [-0.39, 0.29) is 11.8 Å². The van der Waals surface area contributed by atoms with Crippen LogP contribution in [0.2, 0.25) is 0 Å². The standard InChI is InChI=1S/C21H22N6O2/c28-20(16-10-22-21(23-11-16)26-6-8-29-9-7-26)27-12-17(15-4-2-1-3-5-15)19-18(13-27)24-14-25-19/h1-5,10-11,14,17H,6-9,12-13H2,(H,24,25). The molecular weight excluding hydrogens is 368 g/mol. The smallest absolute Gasteiger partial charge is 0.257 e. The fourth-order valence-electron chi connectivity index (χ4n) is 3.97. The Morgan fingerprint density at radius 2 is 1.83 bits per heavy atom. The number of nitrogens with one attached hydrogen (secondary N) is 1. The summed E-state index contributed by atoms with van der Waals surface area (Å²) in [6.07, 6.45) is 4.95. The molecule has 2 aromatic heterocycles. The molecule has 148 valence electrons. The third-order valence-electron chi connectivity index (χ3n) is 5.50. The molecule has 1 aromatic carbocycles. The molecule has 0 spiro atoms. The van der Waals surface area contributed by atoms with Crippen molar-refractivity contribution in [2.45, 2.75) is 12.5 Å². The van der Waals surface area contributed by atoms with Crippen LogP contribution in [0.25, 0.3) is 0 Å². The SMILES string of the molecule is O=C(c1cnc(N2CCOCC2)nc1)N1Cc2[nH]cnc2C(c2ccccc2)C1. The van der Waals surface area contributed by atoms with Gasteiger partial charge in [0, 0.05) is 37.9 Å². The fraction of sp³-hybridized carbons (Fsp3) is 0.333. The first-order chi connectivity index (χ1) is 14.3. The Hall–Kier alpha value is -3.26. The Kier molecular flexibility index (Phi) is 4.69. The maximum absolute atomic E-state index is 13.2. The summed E-state index contributed by atoms with van der Waals surface area (Å²) in [7, 11) is 0. The summed E-state index contributed by atoms with van der Waals surface area (Å²) in [5.74, 6) is 0.616. The number of ether oxygens (including phenoxy) is 1. The summed E-state index contributed by atoms with van der Waals surface area (Å²) in [4.78, 5) is 33.6. The Morgan fingerprint density at radius 3 is 2.59 bits per heavy atom. The van der Waals surface area contributed by atoms with Crippen LogP contribution in [0.15, 0.2) is 49.1 Å². The van der Waals surface area contributed by atoms with Gasteiger partial charge in [0.1, 0.15) is 0 Å². The van der Waals surface area contributed by atoms with Gasteiger partial charge in [0.05, 0.1) is 43.0 Å². The average Bonchev–Trinajstić information content (AvgIpc) is 3.28. The number of anilines is 1. The van der Waals surface area contributed by atoms with Crippen molar-refractivity contribution in [1.82, 2.24) is 24.8 Å². The Balaban J connectivity index is 1.37. The van der Waals surface area contributed by atoms with Gasteiger partial charge >= 0.3 is 0 Å². The van der Waals surface area contributed by atoms with Crippen molar-refractivity contribution in [3.63, 3.8) is 0 Å². The van der Waals surface area contributed by atoms with Crippen LogP contribution < -0.4 is 4.90 Å². The number of amides is 1. The lowest BCUT2D eigenvalue weighted by atomic mass is 9.91. The highest BCUT2D eigenvalue weighted by Crippen LogP contribution is 2.32. The van der Waals surface area contributed by atoms with Crippen LogP contribution in [-0.4, -0.2) is 63.6 Å². The number of aromatic amines is 1. The van der Waals surface area contributed by atoms with Gasteiger partial charge in [0.2, 0.25) is 5.95 Å². The summed E-state index contributed by atoms with van der Waals surface area (Å²) in [5, 5.41) is 0. The lowest BCUT2D eigenvalue weighted by molar-refractivity contribution is 0.0721. The van der Waals surface area contributed by atoms with Crippen LogP contribution in [0, 0.1) is 0 Å². The number of carbonyl (C=O) groups excluding carboxylic acids is 1. The molecule has 29 heavy (non-hydrogen) atoms. The number of morpholine rings is 1. The normalized spacial score (nSPS) is 19.1. The van der Waals surface area contributed by atoms with Crippen molar-refractivity contribution >= 4 is 11.9 Å². The van der Waals surface area contributed by atoms with Crippen LogP contribution in [-0.2, 0) is 11.3 Å². The van der Waals surface area contributed by atoms with Crippen LogP contribution in [0.5, 0.6) is 0 Å². The van der Waals surface area contributed by atoms with E-state index < -0.39 is 0 Å². The van der Waals surface area contributed by atoms with Crippen LogP contribution in [0.1, 0.15) is 33.2 Å². The number of hydrogen-bond acceptors (Lipinski definition) is 6. The average molecular weight is 390 g/mol. The number of H-pyrrole nitrogens is 1. The zero-order chi connectivity index (χ0) is 19.6. The first-order valence-corrected chi connectivity index (χ1v) is 9.80. The topological polar surface area (TPSA) is 87.2 Å². The van der Waals surface area contributed by atoms with Gasteiger partial charge in [-0.2, -0.15) is 0 Å². The Labute approximate surface area is 168 Å². The first kappa shape index (κ1) is 17.8. The van der Waals surface area contributed by atoms with Gasteiger partial charge in [-0.25, -0.2) is 15.0 Å². The minimum Gasteiger partial charge on any atom is -0.378 e. The number of benzene rings is 1. The van der Waals surface area contributed by atoms with Gasteiger partial charge in [-0.05, 0) is 5.56 Å². The maximum atomic E-state index is 13.2. The number of aromatic nitrogens is 4. The molecule has 1 atom stereocenters. The predicted octanol–water partition coefficient (Wildman–Crippen LogP) is 1.82. The molecular formula is C21H22N6O2. The maximum Gasteiger partial charge on any atom is 0.257 e. The fourth-order valence-corrected chi connectivity index (χ4v) is 3.97. The predicted molar refractivity (Wildman–Crippen MR) is 107 cm³/mol.